The van der Waals surface area contributed by atoms with Gasteiger partial charge in [-0.2, -0.15) is 0 Å². The minimum atomic E-state index is 0.573. The maximum atomic E-state index is 3.31. The topological polar surface area (TPSA) is 12.0 Å². The van der Waals surface area contributed by atoms with Crippen molar-refractivity contribution in [3.05, 3.63) is 34.9 Å². The first-order valence-corrected chi connectivity index (χ1v) is 6.57. The zero-order valence-corrected chi connectivity index (χ0v) is 10.6. The third-order valence-corrected chi connectivity index (χ3v) is 3.70. The molecule has 1 aliphatic rings. The van der Waals surface area contributed by atoms with E-state index in [-0.39, 0.29) is 0 Å². The lowest BCUT2D eigenvalue weighted by Gasteiger charge is -2.13. The average Bonchev–Trinajstić information content (AvgIpc) is 2.53. The highest BCUT2D eigenvalue weighted by Crippen LogP contribution is 2.22. The van der Waals surface area contributed by atoms with Crippen molar-refractivity contribution in [1.82, 2.24) is 5.32 Å². The first-order valence-electron chi connectivity index (χ1n) is 6.57. The number of likely N-dealkylation sites (N-methyl/N-ethyl adjacent to an activating group) is 1. The summed E-state index contributed by atoms with van der Waals surface area (Å²) >= 11 is 0. The predicted octanol–water partition coefficient (Wildman–Crippen LogP) is 3.11. The van der Waals surface area contributed by atoms with Crippen LogP contribution in [0.3, 0.4) is 0 Å². The number of rotatable bonds is 3. The quantitative estimate of drug-likeness (QED) is 0.767. The largest absolute Gasteiger partial charge is 0.317 e. The van der Waals surface area contributed by atoms with Gasteiger partial charge in [-0.05, 0) is 62.8 Å². The molecule has 88 valence electrons. The number of hydrogen-bond donors (Lipinski definition) is 1. The third-order valence-electron chi connectivity index (χ3n) is 3.70. The van der Waals surface area contributed by atoms with Crippen molar-refractivity contribution >= 4 is 0 Å². The zero-order valence-electron chi connectivity index (χ0n) is 10.6. The standard InChI is InChI=1S/C15H23N/c1-12(16-2)10-13-8-9-14-6-4-3-5-7-15(14)11-13/h8-9,11-12,16H,3-7,10H2,1-2H3. The van der Waals surface area contributed by atoms with Crippen molar-refractivity contribution in [2.24, 2.45) is 0 Å². The van der Waals surface area contributed by atoms with Crippen LogP contribution in [0.4, 0.5) is 0 Å². The Labute approximate surface area is 99.3 Å². The van der Waals surface area contributed by atoms with Crippen molar-refractivity contribution in [3.63, 3.8) is 0 Å². The molecule has 1 aromatic carbocycles. The van der Waals surface area contributed by atoms with Crippen LogP contribution in [0.15, 0.2) is 18.2 Å². The van der Waals surface area contributed by atoms with E-state index in [0.29, 0.717) is 6.04 Å². The number of nitrogens with one attached hydrogen (secondary N) is 1. The second-order valence-electron chi connectivity index (χ2n) is 5.06. The van der Waals surface area contributed by atoms with E-state index in [4.69, 9.17) is 0 Å². The molecule has 1 N–H and O–H groups in total. The van der Waals surface area contributed by atoms with Crippen molar-refractivity contribution in [2.45, 2.75) is 51.5 Å². The molecule has 0 saturated carbocycles. The minimum absolute atomic E-state index is 0.573. The summed E-state index contributed by atoms with van der Waals surface area (Å²) in [5, 5.41) is 3.31. The molecule has 0 aliphatic heterocycles. The van der Waals surface area contributed by atoms with E-state index < -0.39 is 0 Å². The van der Waals surface area contributed by atoms with Gasteiger partial charge < -0.3 is 5.32 Å². The summed E-state index contributed by atoms with van der Waals surface area (Å²) in [6.07, 6.45) is 7.87. The van der Waals surface area contributed by atoms with Crippen LogP contribution in [-0.2, 0) is 19.3 Å². The Morgan fingerprint density at radius 1 is 1.12 bits per heavy atom. The Hall–Kier alpha value is -0.820. The predicted molar refractivity (Wildman–Crippen MR) is 69.9 cm³/mol. The smallest absolute Gasteiger partial charge is 0.00761 e. The van der Waals surface area contributed by atoms with E-state index in [2.05, 4.69) is 30.4 Å². The lowest BCUT2D eigenvalue weighted by Crippen LogP contribution is -2.23. The molecule has 0 saturated heterocycles. The SMILES string of the molecule is CNC(C)Cc1ccc2c(c1)CCCCC2. The molecule has 0 fully saturated rings. The monoisotopic (exact) mass is 217 g/mol. The average molecular weight is 217 g/mol. The second-order valence-corrected chi connectivity index (χ2v) is 5.06. The van der Waals surface area contributed by atoms with Crippen LogP contribution in [0.2, 0.25) is 0 Å². The maximum Gasteiger partial charge on any atom is 0.00761 e. The fourth-order valence-corrected chi connectivity index (χ4v) is 2.55. The first kappa shape index (κ1) is 11.7. The van der Waals surface area contributed by atoms with Gasteiger partial charge in [-0.3, -0.25) is 0 Å². The van der Waals surface area contributed by atoms with E-state index in [1.807, 2.05) is 7.05 Å². The van der Waals surface area contributed by atoms with Crippen LogP contribution in [0.5, 0.6) is 0 Å². The molecule has 1 nitrogen and oxygen atoms in total. The molecule has 16 heavy (non-hydrogen) atoms. The van der Waals surface area contributed by atoms with Gasteiger partial charge in [0.1, 0.15) is 0 Å². The van der Waals surface area contributed by atoms with Crippen LogP contribution in [0.25, 0.3) is 0 Å². The summed E-state index contributed by atoms with van der Waals surface area (Å²) in [6.45, 7) is 2.24. The van der Waals surface area contributed by atoms with Crippen molar-refractivity contribution < 1.29 is 0 Å². The van der Waals surface area contributed by atoms with E-state index >= 15 is 0 Å². The van der Waals surface area contributed by atoms with Crippen LogP contribution < -0.4 is 5.32 Å². The molecule has 1 atom stereocenters. The molecule has 2 rings (SSSR count). The van der Waals surface area contributed by atoms with Gasteiger partial charge in [0.2, 0.25) is 0 Å². The Morgan fingerprint density at radius 3 is 2.62 bits per heavy atom. The summed E-state index contributed by atoms with van der Waals surface area (Å²) in [6, 6.07) is 7.69. The van der Waals surface area contributed by atoms with E-state index in [1.165, 1.54) is 37.7 Å². The summed E-state index contributed by atoms with van der Waals surface area (Å²) in [5.74, 6) is 0. The molecular formula is C15H23N. The Balaban J connectivity index is 2.14. The summed E-state index contributed by atoms with van der Waals surface area (Å²) in [7, 11) is 2.04. The van der Waals surface area contributed by atoms with Gasteiger partial charge in [0, 0.05) is 6.04 Å². The molecule has 0 heterocycles. The first-order chi connectivity index (χ1) is 7.79. The van der Waals surface area contributed by atoms with Gasteiger partial charge >= 0.3 is 0 Å². The van der Waals surface area contributed by atoms with Crippen molar-refractivity contribution in [3.8, 4) is 0 Å². The summed E-state index contributed by atoms with van der Waals surface area (Å²) < 4.78 is 0. The zero-order chi connectivity index (χ0) is 11.4. The molecular weight excluding hydrogens is 194 g/mol. The Morgan fingerprint density at radius 2 is 1.88 bits per heavy atom. The fraction of sp³-hybridized carbons (Fsp3) is 0.600. The molecule has 0 spiro atoms. The van der Waals surface area contributed by atoms with Gasteiger partial charge in [-0.15, -0.1) is 0 Å². The van der Waals surface area contributed by atoms with E-state index in [1.54, 1.807) is 11.1 Å². The molecule has 1 aromatic rings. The van der Waals surface area contributed by atoms with Gasteiger partial charge in [-0.1, -0.05) is 24.6 Å². The highest BCUT2D eigenvalue weighted by Gasteiger charge is 2.09. The minimum Gasteiger partial charge on any atom is -0.317 e. The van der Waals surface area contributed by atoms with Gasteiger partial charge in [0.15, 0.2) is 0 Å². The van der Waals surface area contributed by atoms with E-state index in [9.17, 15) is 0 Å². The van der Waals surface area contributed by atoms with Crippen LogP contribution >= 0.6 is 0 Å². The molecule has 0 radical (unpaired) electrons. The molecule has 1 unspecified atom stereocenters. The van der Waals surface area contributed by atoms with Crippen molar-refractivity contribution in [1.29, 1.82) is 0 Å². The van der Waals surface area contributed by atoms with E-state index in [0.717, 1.165) is 6.42 Å². The lowest BCUT2D eigenvalue weighted by molar-refractivity contribution is 0.608. The lowest BCUT2D eigenvalue weighted by atomic mass is 9.97. The van der Waals surface area contributed by atoms with Crippen LogP contribution in [-0.4, -0.2) is 13.1 Å². The Kier molecular flexibility index (Phi) is 4.00. The van der Waals surface area contributed by atoms with Crippen LogP contribution in [0.1, 0.15) is 42.9 Å². The third kappa shape index (κ3) is 2.85. The molecule has 0 bridgehead atoms. The second kappa shape index (κ2) is 5.49. The summed E-state index contributed by atoms with van der Waals surface area (Å²) in [4.78, 5) is 0. The molecule has 0 aromatic heterocycles. The fourth-order valence-electron chi connectivity index (χ4n) is 2.55. The normalized spacial score (nSPS) is 17.6. The van der Waals surface area contributed by atoms with Crippen LogP contribution in [0, 0.1) is 0 Å². The van der Waals surface area contributed by atoms with Gasteiger partial charge in [0.25, 0.3) is 0 Å². The molecule has 1 aliphatic carbocycles. The Bertz CT molecular complexity index is 343. The molecule has 1 heteroatoms. The number of hydrogen-bond acceptors (Lipinski definition) is 1. The number of aryl methyl sites for hydroxylation is 2. The van der Waals surface area contributed by atoms with Gasteiger partial charge in [-0.25, -0.2) is 0 Å². The number of benzene rings is 1. The highest BCUT2D eigenvalue weighted by atomic mass is 14.8. The van der Waals surface area contributed by atoms with Gasteiger partial charge in [0.05, 0.1) is 0 Å². The number of fused-ring (bicyclic) bond motifs is 1. The van der Waals surface area contributed by atoms with Crippen molar-refractivity contribution in [2.75, 3.05) is 7.05 Å². The molecule has 0 amide bonds. The highest BCUT2D eigenvalue weighted by molar-refractivity contribution is 5.33. The summed E-state index contributed by atoms with van der Waals surface area (Å²) in [5.41, 5.74) is 4.69. The maximum absolute atomic E-state index is 3.31.